The van der Waals surface area contributed by atoms with E-state index in [9.17, 15) is 9.50 Å². The maximum absolute atomic E-state index is 13.0. The summed E-state index contributed by atoms with van der Waals surface area (Å²) in [6, 6.07) is 7.95. The van der Waals surface area contributed by atoms with E-state index in [-0.39, 0.29) is 12.4 Å². The number of rotatable bonds is 2. The summed E-state index contributed by atoms with van der Waals surface area (Å²) in [6.07, 6.45) is 3.50. The van der Waals surface area contributed by atoms with Gasteiger partial charge >= 0.3 is 0 Å². The monoisotopic (exact) mass is 249 g/mol. The molecule has 98 valence electrons. The highest BCUT2D eigenvalue weighted by Gasteiger charge is 2.45. The third-order valence-corrected chi connectivity index (χ3v) is 4.94. The molecule has 2 aliphatic rings. The van der Waals surface area contributed by atoms with Crippen molar-refractivity contribution in [3.63, 3.8) is 0 Å². The molecule has 1 N–H and O–H groups in total. The standard InChI is InChI=1S/C15H20FNO/c1-17-12-6-7-15(17)14(9-18)13(8-12)10-2-4-11(16)5-3-10/h2-5,12-15,18H,6-9H2,1H3/t12?,13-,14+,15?/m1/s1. The van der Waals surface area contributed by atoms with Crippen LogP contribution in [0.5, 0.6) is 0 Å². The molecule has 2 heterocycles. The molecule has 1 aromatic rings. The molecule has 2 saturated heterocycles. The molecule has 0 aliphatic carbocycles. The van der Waals surface area contributed by atoms with Crippen LogP contribution in [-0.4, -0.2) is 35.7 Å². The van der Waals surface area contributed by atoms with Gasteiger partial charge in [-0.15, -0.1) is 0 Å². The highest BCUT2D eigenvalue weighted by Crippen LogP contribution is 2.45. The highest BCUT2D eigenvalue weighted by atomic mass is 19.1. The normalized spacial score (nSPS) is 35.9. The number of aliphatic hydroxyl groups is 1. The van der Waals surface area contributed by atoms with Crippen LogP contribution in [0.1, 0.15) is 30.7 Å². The maximum Gasteiger partial charge on any atom is 0.123 e. The Morgan fingerprint density at radius 2 is 2.00 bits per heavy atom. The van der Waals surface area contributed by atoms with E-state index in [2.05, 4.69) is 11.9 Å². The second kappa shape index (κ2) is 4.63. The Balaban J connectivity index is 1.89. The molecule has 2 nitrogen and oxygen atoms in total. The van der Waals surface area contributed by atoms with Crippen LogP contribution in [0.2, 0.25) is 0 Å². The lowest BCUT2D eigenvalue weighted by Crippen LogP contribution is -2.47. The predicted molar refractivity (Wildman–Crippen MR) is 68.9 cm³/mol. The summed E-state index contributed by atoms with van der Waals surface area (Å²) in [6.45, 7) is 0.226. The Morgan fingerprint density at radius 3 is 2.67 bits per heavy atom. The number of hydrogen-bond acceptors (Lipinski definition) is 2. The number of aliphatic hydroxyl groups excluding tert-OH is 1. The summed E-state index contributed by atoms with van der Waals surface area (Å²) in [7, 11) is 2.17. The van der Waals surface area contributed by atoms with E-state index < -0.39 is 0 Å². The van der Waals surface area contributed by atoms with Gasteiger partial charge in [0.1, 0.15) is 5.82 Å². The molecule has 3 heteroatoms. The number of benzene rings is 1. The van der Waals surface area contributed by atoms with Gasteiger partial charge in [-0.05, 0) is 49.9 Å². The second-order valence-corrected chi connectivity index (χ2v) is 5.70. The summed E-state index contributed by atoms with van der Waals surface area (Å²) < 4.78 is 13.0. The minimum absolute atomic E-state index is 0.185. The number of piperidine rings is 1. The van der Waals surface area contributed by atoms with E-state index in [1.54, 1.807) is 0 Å². The van der Waals surface area contributed by atoms with Crippen LogP contribution >= 0.6 is 0 Å². The minimum Gasteiger partial charge on any atom is -0.396 e. The average molecular weight is 249 g/mol. The zero-order chi connectivity index (χ0) is 12.7. The third-order valence-electron chi connectivity index (χ3n) is 4.94. The van der Waals surface area contributed by atoms with E-state index in [4.69, 9.17) is 0 Å². The summed E-state index contributed by atoms with van der Waals surface area (Å²) in [5.41, 5.74) is 1.18. The minimum atomic E-state index is -0.185. The van der Waals surface area contributed by atoms with Crippen molar-refractivity contribution in [3.8, 4) is 0 Å². The Morgan fingerprint density at radius 1 is 1.28 bits per heavy atom. The summed E-state index contributed by atoms with van der Waals surface area (Å²) in [5.74, 6) is 0.485. The van der Waals surface area contributed by atoms with Crippen molar-refractivity contribution in [1.29, 1.82) is 0 Å². The molecule has 0 amide bonds. The fraction of sp³-hybridized carbons (Fsp3) is 0.600. The van der Waals surface area contributed by atoms with Crippen molar-refractivity contribution in [1.82, 2.24) is 4.90 Å². The summed E-state index contributed by atoms with van der Waals surface area (Å²) in [4.78, 5) is 2.43. The Labute approximate surface area is 107 Å². The first-order valence-electron chi connectivity index (χ1n) is 6.79. The molecule has 2 unspecified atom stereocenters. The Hall–Kier alpha value is -0.930. The van der Waals surface area contributed by atoms with Gasteiger partial charge in [-0.25, -0.2) is 4.39 Å². The fourth-order valence-electron chi connectivity index (χ4n) is 3.92. The van der Waals surface area contributed by atoms with E-state index in [0.29, 0.717) is 23.9 Å². The third kappa shape index (κ3) is 1.86. The van der Waals surface area contributed by atoms with Gasteiger partial charge in [0.15, 0.2) is 0 Å². The van der Waals surface area contributed by atoms with Crippen LogP contribution in [-0.2, 0) is 0 Å². The lowest BCUT2D eigenvalue weighted by Gasteiger charge is -2.42. The summed E-state index contributed by atoms with van der Waals surface area (Å²) >= 11 is 0. The van der Waals surface area contributed by atoms with Crippen molar-refractivity contribution in [2.45, 2.75) is 37.3 Å². The molecule has 18 heavy (non-hydrogen) atoms. The molecular weight excluding hydrogens is 229 g/mol. The van der Waals surface area contributed by atoms with Crippen LogP contribution < -0.4 is 0 Å². The van der Waals surface area contributed by atoms with E-state index >= 15 is 0 Å². The fourth-order valence-corrected chi connectivity index (χ4v) is 3.92. The molecule has 0 radical (unpaired) electrons. The van der Waals surface area contributed by atoms with Crippen LogP contribution in [0.4, 0.5) is 4.39 Å². The zero-order valence-corrected chi connectivity index (χ0v) is 10.7. The van der Waals surface area contributed by atoms with Gasteiger partial charge in [-0.2, -0.15) is 0 Å². The quantitative estimate of drug-likeness (QED) is 0.870. The van der Waals surface area contributed by atoms with Crippen LogP contribution in [0, 0.1) is 11.7 Å². The molecule has 0 spiro atoms. The van der Waals surface area contributed by atoms with Crippen molar-refractivity contribution < 1.29 is 9.50 Å². The van der Waals surface area contributed by atoms with E-state index in [1.165, 1.54) is 30.5 Å². The number of hydrogen-bond donors (Lipinski definition) is 1. The Kier molecular flexibility index (Phi) is 3.12. The number of fused-ring (bicyclic) bond motifs is 2. The lowest BCUT2D eigenvalue weighted by molar-refractivity contribution is 0.0592. The van der Waals surface area contributed by atoms with Crippen LogP contribution in [0.25, 0.3) is 0 Å². The predicted octanol–water partition coefficient (Wildman–Crippen LogP) is 2.38. The molecule has 0 aromatic heterocycles. The van der Waals surface area contributed by atoms with Crippen LogP contribution in [0.15, 0.2) is 24.3 Å². The molecule has 0 saturated carbocycles. The van der Waals surface area contributed by atoms with E-state index in [1.807, 2.05) is 12.1 Å². The largest absolute Gasteiger partial charge is 0.396 e. The van der Waals surface area contributed by atoms with Gasteiger partial charge in [0.05, 0.1) is 0 Å². The van der Waals surface area contributed by atoms with Gasteiger partial charge in [-0.3, -0.25) is 0 Å². The van der Waals surface area contributed by atoms with Crippen molar-refractivity contribution in [2.75, 3.05) is 13.7 Å². The molecule has 4 atom stereocenters. The molecule has 2 aliphatic heterocycles. The molecular formula is C15H20FNO. The van der Waals surface area contributed by atoms with Crippen molar-refractivity contribution in [2.24, 2.45) is 5.92 Å². The van der Waals surface area contributed by atoms with Crippen molar-refractivity contribution in [3.05, 3.63) is 35.6 Å². The van der Waals surface area contributed by atoms with Gasteiger partial charge in [0.2, 0.25) is 0 Å². The maximum atomic E-state index is 13.0. The van der Waals surface area contributed by atoms with Gasteiger partial charge in [0.25, 0.3) is 0 Å². The smallest absolute Gasteiger partial charge is 0.123 e. The van der Waals surface area contributed by atoms with E-state index in [0.717, 1.165) is 6.42 Å². The molecule has 3 rings (SSSR count). The highest BCUT2D eigenvalue weighted by molar-refractivity contribution is 5.24. The van der Waals surface area contributed by atoms with Gasteiger partial charge in [-0.1, -0.05) is 12.1 Å². The molecule has 2 fully saturated rings. The molecule has 1 aromatic carbocycles. The first kappa shape index (κ1) is 12.1. The summed E-state index contributed by atoms with van der Waals surface area (Å²) in [5, 5.41) is 9.71. The zero-order valence-electron chi connectivity index (χ0n) is 10.7. The Bertz CT molecular complexity index is 419. The number of halogens is 1. The van der Waals surface area contributed by atoms with Crippen LogP contribution in [0.3, 0.4) is 0 Å². The second-order valence-electron chi connectivity index (χ2n) is 5.70. The van der Waals surface area contributed by atoms with Crippen molar-refractivity contribution >= 4 is 0 Å². The number of nitrogens with zero attached hydrogens (tertiary/aromatic N) is 1. The SMILES string of the molecule is CN1C2CCC1[C@@H](CO)[C@@H](c1ccc(F)cc1)C2. The lowest BCUT2D eigenvalue weighted by atomic mass is 9.76. The first-order valence-corrected chi connectivity index (χ1v) is 6.79. The average Bonchev–Trinajstić information content (AvgIpc) is 2.63. The first-order chi connectivity index (χ1) is 8.70. The van der Waals surface area contributed by atoms with Gasteiger partial charge in [0, 0.05) is 24.6 Å². The molecule has 2 bridgehead atoms. The van der Waals surface area contributed by atoms with Gasteiger partial charge < -0.3 is 10.0 Å². The topological polar surface area (TPSA) is 23.5 Å².